The number of carbonyl (C=O) groups is 1. The lowest BCUT2D eigenvalue weighted by Crippen LogP contribution is -2.41. The van der Waals surface area contributed by atoms with E-state index in [-0.39, 0.29) is 17.3 Å². The van der Waals surface area contributed by atoms with Gasteiger partial charge in [0.1, 0.15) is 18.2 Å². The van der Waals surface area contributed by atoms with Gasteiger partial charge in [-0.2, -0.15) is 0 Å². The van der Waals surface area contributed by atoms with Gasteiger partial charge in [0.2, 0.25) is 0 Å². The number of rotatable bonds is 4. The quantitative estimate of drug-likeness (QED) is 0.687. The zero-order valence-electron chi connectivity index (χ0n) is 16.6. The number of aliphatic imine (C=N–C) groups is 2. The molecule has 0 radical (unpaired) electrons. The summed E-state index contributed by atoms with van der Waals surface area (Å²) in [5, 5.41) is 0. The van der Waals surface area contributed by atoms with Gasteiger partial charge in [-0.05, 0) is 55.5 Å². The molecule has 0 fully saturated rings. The zero-order valence-corrected chi connectivity index (χ0v) is 17.4. The van der Waals surface area contributed by atoms with Crippen LogP contribution in [-0.2, 0) is 14.8 Å². The highest BCUT2D eigenvalue weighted by atomic mass is 32.2. The number of nitrogens with zero attached hydrogens (tertiary/aromatic N) is 3. The molecule has 1 N–H and O–H groups in total. The third-order valence-electron chi connectivity index (χ3n) is 5.13. The second kappa shape index (κ2) is 7.17. The largest absolute Gasteiger partial charge is 0.280 e. The summed E-state index contributed by atoms with van der Waals surface area (Å²) in [7, 11) is -3.69. The van der Waals surface area contributed by atoms with Crippen molar-refractivity contribution in [2.75, 3.05) is 11.3 Å². The summed E-state index contributed by atoms with van der Waals surface area (Å²) in [4.78, 5) is 23.2. The van der Waals surface area contributed by atoms with E-state index >= 15 is 0 Å². The lowest BCUT2D eigenvalue weighted by atomic mass is 10.1. The normalized spacial score (nSPS) is 15.1. The highest BCUT2D eigenvalue weighted by Crippen LogP contribution is 2.31. The van der Waals surface area contributed by atoms with E-state index in [0.717, 1.165) is 16.8 Å². The lowest BCUT2D eigenvalue weighted by molar-refractivity contribution is -0.122. The van der Waals surface area contributed by atoms with Crippen molar-refractivity contribution >= 4 is 39.0 Å². The van der Waals surface area contributed by atoms with Crippen molar-refractivity contribution in [2.24, 2.45) is 9.98 Å². The number of benzene rings is 3. The van der Waals surface area contributed by atoms with Crippen molar-refractivity contribution in [2.45, 2.75) is 11.8 Å². The van der Waals surface area contributed by atoms with Crippen LogP contribution in [0.2, 0.25) is 0 Å². The molecule has 0 aromatic heterocycles. The SMILES string of the molecule is Cc1ccc(S(=O)(=O)Nc2ccc(C3=Nc4ccccc4C4=NCC(=O)N34)cc2)cc1. The Morgan fingerprint density at radius 3 is 2.35 bits per heavy atom. The van der Waals surface area contributed by atoms with Crippen LogP contribution in [0.4, 0.5) is 11.4 Å². The molecule has 0 saturated heterocycles. The maximum absolute atomic E-state index is 12.6. The second-order valence-corrected chi connectivity index (χ2v) is 9.00. The van der Waals surface area contributed by atoms with E-state index in [1.807, 2.05) is 31.2 Å². The summed E-state index contributed by atoms with van der Waals surface area (Å²) < 4.78 is 27.8. The molecular formula is C23H18N4O3S. The minimum atomic E-state index is -3.69. The van der Waals surface area contributed by atoms with Gasteiger partial charge in [0.05, 0.1) is 10.6 Å². The number of amidine groups is 2. The summed E-state index contributed by atoms with van der Waals surface area (Å²) in [6.45, 7) is 1.98. The number of amides is 1. The monoisotopic (exact) mass is 430 g/mol. The fourth-order valence-corrected chi connectivity index (χ4v) is 4.62. The molecule has 2 aliphatic heterocycles. The Bertz CT molecular complexity index is 1360. The average molecular weight is 430 g/mol. The Balaban J connectivity index is 1.46. The van der Waals surface area contributed by atoms with E-state index in [0.29, 0.717) is 22.9 Å². The van der Waals surface area contributed by atoms with Gasteiger partial charge >= 0.3 is 0 Å². The average Bonchev–Trinajstić information content (AvgIpc) is 3.16. The first-order valence-electron chi connectivity index (χ1n) is 9.68. The third kappa shape index (κ3) is 3.40. The number of anilines is 1. The van der Waals surface area contributed by atoms with Gasteiger partial charge in [-0.3, -0.25) is 14.5 Å². The van der Waals surface area contributed by atoms with E-state index in [1.54, 1.807) is 48.5 Å². The molecule has 3 aromatic carbocycles. The molecule has 7 nitrogen and oxygen atoms in total. The Hall–Kier alpha value is -3.78. The van der Waals surface area contributed by atoms with Crippen LogP contribution in [0.15, 0.2) is 87.7 Å². The highest BCUT2D eigenvalue weighted by molar-refractivity contribution is 7.92. The van der Waals surface area contributed by atoms with Crippen LogP contribution in [0.1, 0.15) is 16.7 Å². The van der Waals surface area contributed by atoms with E-state index in [9.17, 15) is 13.2 Å². The lowest BCUT2D eigenvalue weighted by Gasteiger charge is -2.26. The van der Waals surface area contributed by atoms with Crippen LogP contribution < -0.4 is 4.72 Å². The molecule has 1 amide bonds. The molecule has 0 spiro atoms. The first-order valence-corrected chi connectivity index (χ1v) is 11.2. The smallest absolute Gasteiger partial charge is 0.261 e. The Morgan fingerprint density at radius 1 is 0.903 bits per heavy atom. The minimum absolute atomic E-state index is 0.0805. The fraction of sp³-hybridized carbons (Fsp3) is 0.0870. The summed E-state index contributed by atoms with van der Waals surface area (Å²) in [5.41, 5.74) is 3.65. The summed E-state index contributed by atoms with van der Waals surface area (Å²) in [6.07, 6.45) is 0. The molecule has 5 rings (SSSR count). The zero-order chi connectivity index (χ0) is 21.6. The third-order valence-corrected chi connectivity index (χ3v) is 6.53. The first kappa shape index (κ1) is 19.2. The molecule has 0 atom stereocenters. The Kier molecular flexibility index (Phi) is 4.44. The van der Waals surface area contributed by atoms with Gasteiger partial charge < -0.3 is 0 Å². The van der Waals surface area contributed by atoms with Gasteiger partial charge in [0, 0.05) is 16.8 Å². The maximum Gasteiger partial charge on any atom is 0.261 e. The van der Waals surface area contributed by atoms with Crippen molar-refractivity contribution in [1.82, 2.24) is 4.90 Å². The number of hydrogen-bond acceptors (Lipinski definition) is 5. The molecule has 2 heterocycles. The second-order valence-electron chi connectivity index (χ2n) is 7.32. The molecule has 0 aliphatic carbocycles. The number of hydrogen-bond donors (Lipinski definition) is 1. The molecule has 31 heavy (non-hydrogen) atoms. The molecule has 3 aromatic rings. The van der Waals surface area contributed by atoms with Gasteiger partial charge in [-0.25, -0.2) is 18.3 Å². The summed E-state index contributed by atoms with van der Waals surface area (Å²) in [6, 6.07) is 21.0. The molecule has 8 heteroatoms. The number of nitrogens with one attached hydrogen (secondary N) is 1. The molecular weight excluding hydrogens is 412 g/mol. The van der Waals surface area contributed by atoms with Crippen molar-refractivity contribution in [3.63, 3.8) is 0 Å². The van der Waals surface area contributed by atoms with E-state index in [4.69, 9.17) is 0 Å². The van der Waals surface area contributed by atoms with E-state index in [2.05, 4.69) is 14.7 Å². The molecule has 154 valence electrons. The van der Waals surface area contributed by atoms with Crippen LogP contribution in [0.25, 0.3) is 0 Å². The standard InChI is InChI=1S/C23H18N4O3S/c1-15-6-12-18(13-7-15)31(29,30)26-17-10-8-16(9-11-17)22-25-20-5-3-2-4-19(20)23-24-14-21(28)27(22)23/h2-13,26H,14H2,1H3. The van der Waals surface area contributed by atoms with Gasteiger partial charge in [0.25, 0.3) is 15.9 Å². The van der Waals surface area contributed by atoms with Crippen LogP contribution in [-0.4, -0.2) is 37.4 Å². The maximum atomic E-state index is 12.6. The summed E-state index contributed by atoms with van der Waals surface area (Å²) >= 11 is 0. The number of aryl methyl sites for hydroxylation is 1. The van der Waals surface area contributed by atoms with Crippen LogP contribution in [0, 0.1) is 6.92 Å². The number of carbonyl (C=O) groups excluding carboxylic acids is 1. The van der Waals surface area contributed by atoms with Crippen LogP contribution in [0.5, 0.6) is 0 Å². The predicted molar refractivity (Wildman–Crippen MR) is 119 cm³/mol. The molecule has 0 saturated carbocycles. The topological polar surface area (TPSA) is 91.2 Å². The molecule has 0 unspecified atom stereocenters. The summed E-state index contributed by atoms with van der Waals surface area (Å²) in [5.74, 6) is 0.926. The van der Waals surface area contributed by atoms with Crippen molar-refractivity contribution in [3.05, 3.63) is 89.5 Å². The number of fused-ring (bicyclic) bond motifs is 3. The van der Waals surface area contributed by atoms with Gasteiger partial charge in [-0.1, -0.05) is 29.8 Å². The molecule has 0 bridgehead atoms. The number of para-hydroxylation sites is 1. The van der Waals surface area contributed by atoms with Gasteiger partial charge in [0.15, 0.2) is 0 Å². The highest BCUT2D eigenvalue weighted by Gasteiger charge is 2.35. The number of sulfonamides is 1. The minimum Gasteiger partial charge on any atom is -0.280 e. The molecule has 2 aliphatic rings. The Labute approximate surface area is 179 Å². The fourth-order valence-electron chi connectivity index (χ4n) is 3.56. The van der Waals surface area contributed by atoms with Crippen molar-refractivity contribution < 1.29 is 13.2 Å². The van der Waals surface area contributed by atoms with Crippen molar-refractivity contribution in [3.8, 4) is 0 Å². The van der Waals surface area contributed by atoms with Gasteiger partial charge in [-0.15, -0.1) is 0 Å². The van der Waals surface area contributed by atoms with E-state index < -0.39 is 10.0 Å². The predicted octanol–water partition coefficient (Wildman–Crippen LogP) is 3.48. The van der Waals surface area contributed by atoms with Crippen LogP contribution in [0.3, 0.4) is 0 Å². The van der Waals surface area contributed by atoms with Crippen LogP contribution >= 0.6 is 0 Å². The van der Waals surface area contributed by atoms with E-state index in [1.165, 1.54) is 4.90 Å². The van der Waals surface area contributed by atoms with Crippen molar-refractivity contribution in [1.29, 1.82) is 0 Å². The Morgan fingerprint density at radius 2 is 1.61 bits per heavy atom. The first-order chi connectivity index (χ1) is 14.9.